The first kappa shape index (κ1) is 8.99. The van der Waals surface area contributed by atoms with Gasteiger partial charge in [-0.05, 0) is 41.7 Å². The highest BCUT2D eigenvalue weighted by Crippen LogP contribution is 2.23. The lowest BCUT2D eigenvalue weighted by Gasteiger charge is -1.94. The Morgan fingerprint density at radius 1 is 1.00 bits per heavy atom. The summed E-state index contributed by atoms with van der Waals surface area (Å²) in [4.78, 5) is 1.75. The number of nitriles is 2. The van der Waals surface area contributed by atoms with Crippen LogP contribution >= 0.6 is 23.5 Å². The van der Waals surface area contributed by atoms with Crippen molar-refractivity contribution in [3.05, 3.63) is 24.3 Å². The van der Waals surface area contributed by atoms with Crippen LogP contribution in [-0.2, 0) is 0 Å². The molecule has 0 bridgehead atoms. The Morgan fingerprint density at radius 2 is 1.50 bits per heavy atom. The smallest absolute Gasteiger partial charge is 0.138 e. The fourth-order valence-electron chi connectivity index (χ4n) is 0.707. The van der Waals surface area contributed by atoms with E-state index in [0.29, 0.717) is 0 Å². The van der Waals surface area contributed by atoms with E-state index in [-0.39, 0.29) is 0 Å². The van der Waals surface area contributed by atoms with Gasteiger partial charge in [0.2, 0.25) is 0 Å². The topological polar surface area (TPSA) is 47.6 Å². The molecule has 0 atom stereocenters. The summed E-state index contributed by atoms with van der Waals surface area (Å²) in [6, 6.07) is 7.34. The second-order valence-corrected chi connectivity index (χ2v) is 3.58. The summed E-state index contributed by atoms with van der Waals surface area (Å²) in [6.07, 6.45) is 0. The van der Waals surface area contributed by atoms with Crippen LogP contribution in [0.5, 0.6) is 0 Å². The summed E-state index contributed by atoms with van der Waals surface area (Å²) in [5.74, 6) is 0. The van der Waals surface area contributed by atoms with Crippen molar-refractivity contribution in [1.29, 1.82) is 10.5 Å². The highest BCUT2D eigenvalue weighted by molar-refractivity contribution is 8.04. The Kier molecular flexibility index (Phi) is 3.53. The van der Waals surface area contributed by atoms with Gasteiger partial charge in [-0.3, -0.25) is 0 Å². The Balaban J connectivity index is 2.84. The van der Waals surface area contributed by atoms with E-state index in [0.717, 1.165) is 33.3 Å². The molecule has 1 aromatic rings. The predicted molar refractivity (Wildman–Crippen MR) is 49.4 cm³/mol. The highest BCUT2D eigenvalue weighted by Gasteiger charge is 1.95. The van der Waals surface area contributed by atoms with Crippen LogP contribution in [0.15, 0.2) is 34.1 Å². The average molecular weight is 192 g/mol. The molecule has 0 fully saturated rings. The van der Waals surface area contributed by atoms with Crippen LogP contribution in [0.4, 0.5) is 0 Å². The molecule has 0 aliphatic carbocycles. The summed E-state index contributed by atoms with van der Waals surface area (Å²) in [7, 11) is 0. The fourth-order valence-corrected chi connectivity index (χ4v) is 1.66. The number of hydrogen-bond donors (Lipinski definition) is 0. The molecular formula is C8H4N2S2. The number of rotatable bonds is 2. The third kappa shape index (κ3) is 2.50. The minimum atomic E-state index is 0.873. The van der Waals surface area contributed by atoms with Crippen molar-refractivity contribution in [2.24, 2.45) is 0 Å². The normalized spacial score (nSPS) is 8.50. The lowest BCUT2D eigenvalue weighted by molar-refractivity contribution is 1.34. The largest absolute Gasteiger partial charge is 0.185 e. The van der Waals surface area contributed by atoms with Gasteiger partial charge < -0.3 is 0 Å². The fraction of sp³-hybridized carbons (Fsp3) is 0. The molecule has 0 aliphatic rings. The van der Waals surface area contributed by atoms with Crippen molar-refractivity contribution in [3.63, 3.8) is 0 Å². The van der Waals surface area contributed by atoms with Crippen molar-refractivity contribution in [3.8, 4) is 10.8 Å². The van der Waals surface area contributed by atoms with Gasteiger partial charge in [-0.2, -0.15) is 10.5 Å². The highest BCUT2D eigenvalue weighted by atomic mass is 32.2. The van der Waals surface area contributed by atoms with Gasteiger partial charge in [0.25, 0.3) is 0 Å². The van der Waals surface area contributed by atoms with E-state index < -0.39 is 0 Å². The van der Waals surface area contributed by atoms with Gasteiger partial charge in [0.05, 0.1) is 0 Å². The maximum absolute atomic E-state index is 8.38. The molecule has 0 amide bonds. The Hall–Kier alpha value is -1.10. The predicted octanol–water partition coefficient (Wildman–Crippen LogP) is 2.83. The minimum Gasteiger partial charge on any atom is -0.185 e. The molecule has 0 spiro atoms. The third-order valence-electron chi connectivity index (χ3n) is 1.13. The second kappa shape index (κ2) is 4.71. The van der Waals surface area contributed by atoms with Gasteiger partial charge in [0, 0.05) is 9.79 Å². The molecule has 1 aromatic carbocycles. The number of hydrogen-bond acceptors (Lipinski definition) is 4. The summed E-state index contributed by atoms with van der Waals surface area (Å²) in [6.45, 7) is 0. The van der Waals surface area contributed by atoms with E-state index in [4.69, 9.17) is 10.5 Å². The minimum absolute atomic E-state index is 0.873. The number of thiocyanates is 2. The monoisotopic (exact) mass is 192 g/mol. The Labute approximate surface area is 79.2 Å². The van der Waals surface area contributed by atoms with Crippen molar-refractivity contribution in [1.82, 2.24) is 0 Å². The van der Waals surface area contributed by atoms with E-state index >= 15 is 0 Å². The second-order valence-electron chi connectivity index (χ2n) is 1.86. The van der Waals surface area contributed by atoms with E-state index in [9.17, 15) is 0 Å². The molecule has 2 nitrogen and oxygen atoms in total. The van der Waals surface area contributed by atoms with Crippen LogP contribution in [0.1, 0.15) is 0 Å². The van der Waals surface area contributed by atoms with Gasteiger partial charge >= 0.3 is 0 Å². The molecule has 4 heteroatoms. The molecule has 12 heavy (non-hydrogen) atoms. The number of benzene rings is 1. The molecule has 0 unspecified atom stereocenters. The number of nitrogens with zero attached hydrogens (tertiary/aromatic N) is 2. The first-order chi connectivity index (χ1) is 5.86. The van der Waals surface area contributed by atoms with Crippen LogP contribution in [0.2, 0.25) is 0 Å². The van der Waals surface area contributed by atoms with Crippen LogP contribution in [0.25, 0.3) is 0 Å². The third-order valence-corrected chi connectivity index (χ3v) is 2.29. The van der Waals surface area contributed by atoms with Crippen molar-refractivity contribution in [2.45, 2.75) is 9.79 Å². The van der Waals surface area contributed by atoms with Crippen LogP contribution in [0.3, 0.4) is 0 Å². The summed E-state index contributed by atoms with van der Waals surface area (Å²) in [5.41, 5.74) is 0. The maximum atomic E-state index is 8.38. The van der Waals surface area contributed by atoms with Crippen molar-refractivity contribution in [2.75, 3.05) is 0 Å². The van der Waals surface area contributed by atoms with E-state index in [1.807, 2.05) is 35.1 Å². The van der Waals surface area contributed by atoms with Gasteiger partial charge in [-0.1, -0.05) is 6.07 Å². The Bertz CT molecular complexity index is 318. The average Bonchev–Trinajstić information content (AvgIpc) is 2.06. The lowest BCUT2D eigenvalue weighted by atomic mass is 10.4. The summed E-state index contributed by atoms with van der Waals surface area (Å²) < 4.78 is 0. The van der Waals surface area contributed by atoms with Crippen LogP contribution in [-0.4, -0.2) is 0 Å². The summed E-state index contributed by atoms with van der Waals surface area (Å²) in [5, 5.41) is 20.7. The quantitative estimate of drug-likeness (QED) is 0.534. The van der Waals surface area contributed by atoms with Gasteiger partial charge in [0.15, 0.2) is 0 Å². The van der Waals surface area contributed by atoms with Crippen LogP contribution < -0.4 is 0 Å². The molecule has 0 saturated carbocycles. The van der Waals surface area contributed by atoms with Gasteiger partial charge in [-0.25, -0.2) is 0 Å². The lowest BCUT2D eigenvalue weighted by Crippen LogP contribution is -1.70. The van der Waals surface area contributed by atoms with E-state index in [1.165, 1.54) is 0 Å². The molecule has 0 N–H and O–H groups in total. The van der Waals surface area contributed by atoms with E-state index in [1.54, 1.807) is 0 Å². The first-order valence-electron chi connectivity index (χ1n) is 3.09. The SMILES string of the molecule is N#CSc1cccc(SC#N)c1. The molecule has 0 aromatic heterocycles. The molecule has 0 heterocycles. The molecule has 0 radical (unpaired) electrons. The van der Waals surface area contributed by atoms with Crippen molar-refractivity contribution < 1.29 is 0 Å². The molecule has 1 rings (SSSR count). The zero-order valence-electron chi connectivity index (χ0n) is 6.02. The molecule has 0 saturated heterocycles. The standard InChI is InChI=1S/C8H4N2S2/c9-5-11-7-2-1-3-8(4-7)12-6-10/h1-4H. The maximum Gasteiger partial charge on any atom is 0.138 e. The Morgan fingerprint density at radius 3 is 1.92 bits per heavy atom. The molecular weight excluding hydrogens is 188 g/mol. The molecule has 0 aliphatic heterocycles. The van der Waals surface area contributed by atoms with E-state index in [2.05, 4.69) is 0 Å². The summed E-state index contributed by atoms with van der Waals surface area (Å²) >= 11 is 2.20. The zero-order valence-corrected chi connectivity index (χ0v) is 7.65. The molecule has 58 valence electrons. The van der Waals surface area contributed by atoms with Gasteiger partial charge in [0.1, 0.15) is 10.8 Å². The zero-order chi connectivity index (χ0) is 8.81. The van der Waals surface area contributed by atoms with Crippen molar-refractivity contribution >= 4 is 23.5 Å². The van der Waals surface area contributed by atoms with Crippen LogP contribution in [0, 0.1) is 21.3 Å². The number of thioether (sulfide) groups is 2. The van der Waals surface area contributed by atoms with Gasteiger partial charge in [-0.15, -0.1) is 0 Å². The first-order valence-corrected chi connectivity index (χ1v) is 4.72.